The van der Waals surface area contributed by atoms with Crippen molar-refractivity contribution in [3.63, 3.8) is 0 Å². The van der Waals surface area contributed by atoms with E-state index in [0.29, 0.717) is 16.9 Å². The summed E-state index contributed by atoms with van der Waals surface area (Å²) >= 11 is 0. The number of hydrogen-bond donors (Lipinski definition) is 2. The Kier molecular flexibility index (Phi) is 9.58. The number of aliphatic imine (C=N–C) groups is 1. The predicted molar refractivity (Wildman–Crippen MR) is 172 cm³/mol. The van der Waals surface area contributed by atoms with Crippen LogP contribution in [0.5, 0.6) is 5.75 Å². The molecule has 0 radical (unpaired) electrons. The van der Waals surface area contributed by atoms with Gasteiger partial charge in [-0.3, -0.25) is 4.55 Å². The summed E-state index contributed by atoms with van der Waals surface area (Å²) in [4.78, 5) is 13.7. The first-order valence-corrected chi connectivity index (χ1v) is 16.8. The number of rotatable bonds is 11. The van der Waals surface area contributed by atoms with Gasteiger partial charge < -0.3 is 19.3 Å². The Labute approximate surface area is 263 Å². The van der Waals surface area contributed by atoms with Crippen LogP contribution in [0.4, 0.5) is 17.1 Å². The lowest BCUT2D eigenvalue weighted by Crippen LogP contribution is -2.27. The molecule has 244 valence electrons. The highest BCUT2D eigenvalue weighted by Crippen LogP contribution is 2.37. The van der Waals surface area contributed by atoms with Crippen molar-refractivity contribution in [1.82, 2.24) is 19.6 Å². The fourth-order valence-electron chi connectivity index (χ4n) is 4.71. The van der Waals surface area contributed by atoms with Crippen LogP contribution in [0.15, 0.2) is 44.2 Å². The second-order valence-electron chi connectivity index (χ2n) is 11.0. The molecule has 0 amide bonds. The van der Waals surface area contributed by atoms with Crippen molar-refractivity contribution in [2.75, 3.05) is 51.6 Å². The van der Waals surface area contributed by atoms with Crippen LogP contribution in [-0.2, 0) is 31.3 Å². The van der Waals surface area contributed by atoms with Gasteiger partial charge in [-0.15, -0.1) is 15.0 Å². The van der Waals surface area contributed by atoms with E-state index in [-0.39, 0.29) is 63.4 Å². The van der Waals surface area contributed by atoms with E-state index in [4.69, 9.17) is 14.5 Å². The number of fused-ring (bicyclic) bond motifs is 1. The number of nitrogens with zero attached hydrogens (tertiary/aromatic N) is 7. The molecule has 45 heavy (non-hydrogen) atoms. The van der Waals surface area contributed by atoms with Gasteiger partial charge in [0.2, 0.25) is 15.8 Å². The van der Waals surface area contributed by atoms with Gasteiger partial charge >= 0.3 is 0 Å². The third-order valence-corrected chi connectivity index (χ3v) is 9.33. The molecule has 3 aromatic rings. The van der Waals surface area contributed by atoms with Gasteiger partial charge in [0.15, 0.2) is 11.5 Å². The van der Waals surface area contributed by atoms with Gasteiger partial charge in [-0.1, -0.05) is 0 Å². The Morgan fingerprint density at radius 2 is 1.76 bits per heavy atom. The van der Waals surface area contributed by atoms with Crippen LogP contribution in [0, 0.1) is 13.8 Å². The summed E-state index contributed by atoms with van der Waals surface area (Å²) in [7, 11) is -0.0757. The average Bonchev–Trinajstić information content (AvgIpc) is 3.45. The second-order valence-corrected chi connectivity index (χ2v) is 14.1. The fraction of sp³-hybridized carbons (Fsp3) is 0.429. The lowest BCUT2D eigenvalue weighted by molar-refractivity contribution is 0.232. The van der Waals surface area contributed by atoms with Gasteiger partial charge in [0.25, 0.3) is 16.0 Å². The Bertz CT molecular complexity index is 1900. The third-order valence-electron chi connectivity index (χ3n) is 6.79. The Morgan fingerprint density at radius 3 is 2.33 bits per heavy atom. The zero-order chi connectivity index (χ0) is 33.4. The lowest BCUT2D eigenvalue weighted by atomic mass is 10.1. The molecule has 1 aromatic heterocycles. The maximum Gasteiger partial charge on any atom is 0.296 e. The van der Waals surface area contributed by atoms with Crippen molar-refractivity contribution >= 4 is 48.8 Å². The highest BCUT2D eigenvalue weighted by molar-refractivity contribution is 7.89. The Hall–Kier alpha value is -4.06. The first-order valence-electron chi connectivity index (χ1n) is 13.9. The van der Waals surface area contributed by atoms with Gasteiger partial charge in [-0.25, -0.2) is 23.1 Å². The summed E-state index contributed by atoms with van der Waals surface area (Å²) in [5, 5.41) is 8.77. The van der Waals surface area contributed by atoms with Gasteiger partial charge in [0.05, 0.1) is 24.6 Å². The van der Waals surface area contributed by atoms with Crippen LogP contribution in [0.1, 0.15) is 36.6 Å². The zero-order valence-corrected chi connectivity index (χ0v) is 28.3. The molecule has 2 N–H and O–H groups in total. The fourth-order valence-corrected chi connectivity index (χ4v) is 6.88. The molecule has 4 rings (SSSR count). The van der Waals surface area contributed by atoms with E-state index in [1.54, 1.807) is 51.0 Å². The number of nitrogens with one attached hydrogen (secondary N) is 1. The predicted octanol–water partition coefficient (Wildman–Crippen LogP) is 2.52. The summed E-state index contributed by atoms with van der Waals surface area (Å²) in [6, 6.07) is 6.43. The first kappa shape index (κ1) is 33.8. The number of methoxy groups -OCH3 is 1. The van der Waals surface area contributed by atoms with Crippen molar-refractivity contribution < 1.29 is 30.9 Å². The molecule has 0 saturated carbocycles. The molecule has 0 bridgehead atoms. The molecule has 0 aliphatic carbocycles. The molecule has 1 aliphatic heterocycles. The second kappa shape index (κ2) is 12.7. The quantitative estimate of drug-likeness (QED) is 0.288. The number of aryl methyl sites for hydroxylation is 1. The van der Waals surface area contributed by atoms with Crippen LogP contribution in [0.3, 0.4) is 0 Å². The normalized spacial score (nSPS) is 14.1. The minimum absolute atomic E-state index is 0.000627. The van der Waals surface area contributed by atoms with Crippen molar-refractivity contribution in [1.29, 1.82) is 0 Å². The van der Waals surface area contributed by atoms with Gasteiger partial charge in [0.1, 0.15) is 15.5 Å². The molecule has 0 unspecified atom stereocenters. The zero-order valence-electron chi connectivity index (χ0n) is 26.6. The summed E-state index contributed by atoms with van der Waals surface area (Å²) in [6.07, 6.45) is -0.147. The SMILES string of the molecule is COc1cc(N(C)C)ccc1S(=O)(=O)NCCc1nc2n(n1)N=C(OC(C)C)C2=Nc1c(C)cc(N(C)C)c(S(=O)(=O)O)c1C. The van der Waals surface area contributed by atoms with E-state index in [0.717, 1.165) is 5.69 Å². The molecule has 0 fully saturated rings. The highest BCUT2D eigenvalue weighted by Gasteiger charge is 2.32. The maximum atomic E-state index is 13.1. The molecule has 15 nitrogen and oxygen atoms in total. The minimum atomic E-state index is -4.60. The molecule has 2 heterocycles. The van der Waals surface area contributed by atoms with Crippen LogP contribution < -0.4 is 19.3 Å². The summed E-state index contributed by atoms with van der Waals surface area (Å²) in [6.45, 7) is 6.94. The van der Waals surface area contributed by atoms with E-state index in [1.807, 2.05) is 32.8 Å². The maximum absolute atomic E-state index is 13.1. The standard InChI is InChI=1S/C28H38N8O7S2/c1-16(2)43-28-25(31-24-17(3)14-20(35(7)8)26(18(24)4)45(39,40)41)27-30-23(32-36(27)33-28)12-13-29-44(37,38)22-11-10-19(34(5)6)15-21(22)42-9/h10-11,14-16,29H,12-13H2,1-9H3,(H,39,40,41). The molecular weight excluding hydrogens is 624 g/mol. The molecule has 2 aromatic carbocycles. The highest BCUT2D eigenvalue weighted by atomic mass is 32.2. The van der Waals surface area contributed by atoms with Crippen LogP contribution in [-0.4, -0.2) is 95.8 Å². The van der Waals surface area contributed by atoms with Crippen molar-refractivity contribution in [3.05, 3.63) is 47.0 Å². The largest absolute Gasteiger partial charge is 0.495 e. The molecule has 0 saturated heterocycles. The monoisotopic (exact) mass is 662 g/mol. The molecule has 0 atom stereocenters. The number of hydrogen-bond acceptors (Lipinski definition) is 12. The van der Waals surface area contributed by atoms with Crippen LogP contribution in [0.25, 0.3) is 0 Å². The number of benzene rings is 2. The molecular formula is C28H38N8O7S2. The summed E-state index contributed by atoms with van der Waals surface area (Å²) in [5.74, 6) is 0.859. The van der Waals surface area contributed by atoms with E-state index in [2.05, 4.69) is 19.9 Å². The minimum Gasteiger partial charge on any atom is -0.495 e. The van der Waals surface area contributed by atoms with Crippen LogP contribution in [0.2, 0.25) is 0 Å². The molecule has 1 aliphatic rings. The Balaban J connectivity index is 1.66. The van der Waals surface area contributed by atoms with Crippen molar-refractivity contribution in [3.8, 4) is 5.75 Å². The topological polar surface area (TPSA) is 181 Å². The molecule has 17 heteroatoms. The lowest BCUT2D eigenvalue weighted by Gasteiger charge is -2.20. The summed E-state index contributed by atoms with van der Waals surface area (Å²) in [5.41, 5.74) is 2.48. The van der Waals surface area contributed by atoms with E-state index in [1.165, 1.54) is 18.0 Å². The van der Waals surface area contributed by atoms with E-state index >= 15 is 0 Å². The number of aromatic nitrogens is 3. The summed E-state index contributed by atoms with van der Waals surface area (Å²) < 4.78 is 74.7. The van der Waals surface area contributed by atoms with Gasteiger partial charge in [-0.2, -0.15) is 8.42 Å². The molecule has 0 spiro atoms. The first-order chi connectivity index (χ1) is 20.9. The third kappa shape index (κ3) is 7.11. The van der Waals surface area contributed by atoms with Gasteiger partial charge in [0, 0.05) is 52.9 Å². The number of ether oxygens (including phenoxy) is 2. The Morgan fingerprint density at radius 1 is 1.07 bits per heavy atom. The van der Waals surface area contributed by atoms with Crippen molar-refractivity contribution in [2.24, 2.45) is 10.1 Å². The van der Waals surface area contributed by atoms with Crippen LogP contribution >= 0.6 is 0 Å². The van der Waals surface area contributed by atoms with Crippen molar-refractivity contribution in [2.45, 2.75) is 50.0 Å². The smallest absolute Gasteiger partial charge is 0.296 e. The van der Waals surface area contributed by atoms with Gasteiger partial charge in [-0.05, 0) is 57.0 Å². The number of anilines is 2. The average molecular weight is 663 g/mol. The number of sulfonamides is 1. The van der Waals surface area contributed by atoms with E-state index in [9.17, 15) is 21.4 Å². The van der Waals surface area contributed by atoms with E-state index < -0.39 is 20.1 Å².